The third kappa shape index (κ3) is 4.10. The quantitative estimate of drug-likeness (QED) is 0.609. The number of carbonyl (C=O) groups excluding carboxylic acids is 1. The maximum absolute atomic E-state index is 12.1. The van der Waals surface area contributed by atoms with Crippen molar-refractivity contribution in [3.63, 3.8) is 0 Å². The Morgan fingerprint density at radius 1 is 1.28 bits per heavy atom. The molecular weight excluding hydrogens is 265 g/mol. The lowest BCUT2D eigenvalue weighted by molar-refractivity contribution is -0.169. The number of hydrogen-bond acceptors (Lipinski definition) is 3. The number of halogens is 3. The molecule has 0 bridgehead atoms. The van der Waals surface area contributed by atoms with Gasteiger partial charge in [-0.25, -0.2) is 0 Å². The highest BCUT2D eigenvalue weighted by Crippen LogP contribution is 2.20. The van der Waals surface area contributed by atoms with E-state index in [1.807, 2.05) is 6.92 Å². The molecule has 0 radical (unpaired) electrons. The first-order chi connectivity index (χ1) is 8.34. The molecule has 1 aromatic carbocycles. The average Bonchev–Trinajstić information content (AvgIpc) is 2.29. The lowest BCUT2D eigenvalue weighted by Crippen LogP contribution is -2.25. The number of ketones is 1. The van der Waals surface area contributed by atoms with Gasteiger partial charge in [0.15, 0.2) is 0 Å². The standard InChI is InChI=1S/C12H11F3O2S/c1-2-17-9-5-3-8(4-6-9)10(18)7-11(16)12(13,14)15/h3-6H,2,7H2,1H3. The van der Waals surface area contributed by atoms with Gasteiger partial charge in [-0.2, -0.15) is 13.2 Å². The van der Waals surface area contributed by atoms with Crippen LogP contribution in [0.2, 0.25) is 0 Å². The Morgan fingerprint density at radius 3 is 2.28 bits per heavy atom. The SMILES string of the molecule is CCOc1ccc(C(=S)CC(=O)C(F)(F)F)cc1. The summed E-state index contributed by atoms with van der Waals surface area (Å²) in [5, 5.41) is 0. The Hall–Kier alpha value is -1.43. The van der Waals surface area contributed by atoms with Crippen LogP contribution in [0, 0.1) is 0 Å². The molecule has 0 amide bonds. The molecule has 2 nitrogen and oxygen atoms in total. The van der Waals surface area contributed by atoms with Crippen molar-refractivity contribution < 1.29 is 22.7 Å². The first-order valence-electron chi connectivity index (χ1n) is 5.20. The van der Waals surface area contributed by atoms with Gasteiger partial charge in [0.1, 0.15) is 5.75 Å². The molecule has 0 atom stereocenters. The van der Waals surface area contributed by atoms with E-state index in [-0.39, 0.29) is 4.86 Å². The first kappa shape index (κ1) is 14.6. The highest BCUT2D eigenvalue weighted by Gasteiger charge is 2.38. The van der Waals surface area contributed by atoms with Crippen LogP contribution in [0.25, 0.3) is 0 Å². The zero-order valence-corrected chi connectivity index (χ0v) is 10.4. The molecule has 0 heterocycles. The predicted molar refractivity (Wildman–Crippen MR) is 65.0 cm³/mol. The highest BCUT2D eigenvalue weighted by molar-refractivity contribution is 7.80. The van der Waals surface area contributed by atoms with E-state index in [9.17, 15) is 18.0 Å². The van der Waals surface area contributed by atoms with Gasteiger partial charge in [-0.15, -0.1) is 0 Å². The van der Waals surface area contributed by atoms with Gasteiger partial charge in [0.05, 0.1) is 13.0 Å². The Kier molecular flexibility index (Phi) is 4.84. The zero-order valence-electron chi connectivity index (χ0n) is 9.58. The molecule has 0 saturated carbocycles. The van der Waals surface area contributed by atoms with Gasteiger partial charge in [0.2, 0.25) is 5.78 Å². The molecular formula is C12H11F3O2S. The van der Waals surface area contributed by atoms with Crippen LogP contribution < -0.4 is 4.74 Å². The largest absolute Gasteiger partial charge is 0.494 e. The van der Waals surface area contributed by atoms with Crippen LogP contribution in [0.3, 0.4) is 0 Å². The molecule has 1 rings (SSSR count). The number of benzene rings is 1. The second-order valence-electron chi connectivity index (χ2n) is 3.48. The predicted octanol–water partition coefficient (Wildman–Crippen LogP) is 3.32. The van der Waals surface area contributed by atoms with Crippen LogP contribution in [-0.4, -0.2) is 23.4 Å². The van der Waals surface area contributed by atoms with Gasteiger partial charge in [0.25, 0.3) is 0 Å². The molecule has 0 unspecified atom stereocenters. The summed E-state index contributed by atoms with van der Waals surface area (Å²) < 4.78 is 41.4. The maximum atomic E-state index is 12.1. The van der Waals surface area contributed by atoms with E-state index in [1.54, 1.807) is 12.1 Å². The Bertz CT molecular complexity index is 438. The monoisotopic (exact) mass is 276 g/mol. The van der Waals surface area contributed by atoms with Crippen molar-refractivity contribution in [3.05, 3.63) is 29.8 Å². The van der Waals surface area contributed by atoms with Gasteiger partial charge in [-0.3, -0.25) is 4.79 Å². The number of alkyl halides is 3. The van der Waals surface area contributed by atoms with Gasteiger partial charge in [0, 0.05) is 4.86 Å². The van der Waals surface area contributed by atoms with Crippen molar-refractivity contribution >= 4 is 22.9 Å². The third-order valence-electron chi connectivity index (χ3n) is 2.12. The van der Waals surface area contributed by atoms with Gasteiger partial charge < -0.3 is 4.74 Å². The van der Waals surface area contributed by atoms with Crippen molar-refractivity contribution in [1.82, 2.24) is 0 Å². The van der Waals surface area contributed by atoms with Gasteiger partial charge in [-0.05, 0) is 24.6 Å². The molecule has 0 aliphatic carbocycles. The molecule has 0 spiro atoms. The normalized spacial score (nSPS) is 11.1. The van der Waals surface area contributed by atoms with E-state index in [0.29, 0.717) is 17.9 Å². The van der Waals surface area contributed by atoms with E-state index < -0.39 is 18.4 Å². The second kappa shape index (κ2) is 5.95. The molecule has 0 aromatic heterocycles. The zero-order chi connectivity index (χ0) is 13.8. The first-order valence-corrected chi connectivity index (χ1v) is 5.61. The summed E-state index contributed by atoms with van der Waals surface area (Å²) in [4.78, 5) is 10.8. The van der Waals surface area contributed by atoms with Crippen LogP contribution in [0.1, 0.15) is 18.9 Å². The molecule has 98 valence electrons. The smallest absolute Gasteiger partial charge is 0.450 e. The number of hydrogen-bond donors (Lipinski definition) is 0. The van der Waals surface area contributed by atoms with Crippen LogP contribution >= 0.6 is 12.2 Å². The topological polar surface area (TPSA) is 26.3 Å². The molecule has 0 N–H and O–H groups in total. The fourth-order valence-corrected chi connectivity index (χ4v) is 1.52. The Morgan fingerprint density at radius 2 is 1.83 bits per heavy atom. The highest BCUT2D eigenvalue weighted by atomic mass is 32.1. The second-order valence-corrected chi connectivity index (χ2v) is 3.97. The molecule has 18 heavy (non-hydrogen) atoms. The summed E-state index contributed by atoms with van der Waals surface area (Å²) in [5.41, 5.74) is 0.422. The Balaban J connectivity index is 2.70. The fraction of sp³-hybridized carbons (Fsp3) is 0.333. The van der Waals surface area contributed by atoms with Crippen LogP contribution in [-0.2, 0) is 4.79 Å². The van der Waals surface area contributed by atoms with Crippen LogP contribution in [0.5, 0.6) is 5.75 Å². The number of rotatable bonds is 5. The van der Waals surface area contributed by atoms with E-state index in [0.717, 1.165) is 0 Å². The summed E-state index contributed by atoms with van der Waals surface area (Å²) in [6.07, 6.45) is -5.64. The lowest BCUT2D eigenvalue weighted by atomic mass is 10.1. The van der Waals surface area contributed by atoms with E-state index >= 15 is 0 Å². The molecule has 0 aliphatic rings. The van der Waals surface area contributed by atoms with Gasteiger partial charge in [-0.1, -0.05) is 24.4 Å². The lowest BCUT2D eigenvalue weighted by Gasteiger charge is -2.07. The average molecular weight is 276 g/mol. The number of ether oxygens (including phenoxy) is 1. The summed E-state index contributed by atoms with van der Waals surface area (Å²) >= 11 is 4.81. The minimum atomic E-state index is -4.84. The van der Waals surface area contributed by atoms with Crippen molar-refractivity contribution in [2.75, 3.05) is 6.61 Å². The molecule has 0 saturated heterocycles. The summed E-state index contributed by atoms with van der Waals surface area (Å²) in [6, 6.07) is 6.28. The minimum Gasteiger partial charge on any atom is -0.494 e. The summed E-state index contributed by atoms with van der Waals surface area (Å²) in [5.74, 6) is -1.23. The molecule has 6 heteroatoms. The Labute approximate surface area is 108 Å². The van der Waals surface area contributed by atoms with E-state index in [1.165, 1.54) is 12.1 Å². The summed E-state index contributed by atoms with van der Waals surface area (Å²) in [7, 11) is 0. The molecule has 0 aliphatic heterocycles. The number of Topliss-reactive ketones (excluding diaryl/α,β-unsaturated/α-hetero) is 1. The van der Waals surface area contributed by atoms with E-state index in [2.05, 4.69) is 0 Å². The molecule has 0 fully saturated rings. The minimum absolute atomic E-state index is 0.0274. The number of thiocarbonyl (C=S) groups is 1. The van der Waals surface area contributed by atoms with E-state index in [4.69, 9.17) is 17.0 Å². The van der Waals surface area contributed by atoms with Crippen molar-refractivity contribution in [3.8, 4) is 5.75 Å². The van der Waals surface area contributed by atoms with Crippen molar-refractivity contribution in [1.29, 1.82) is 0 Å². The number of carbonyl (C=O) groups is 1. The maximum Gasteiger partial charge on any atom is 0.450 e. The van der Waals surface area contributed by atoms with Gasteiger partial charge >= 0.3 is 6.18 Å². The third-order valence-corrected chi connectivity index (χ3v) is 2.50. The molecule has 1 aromatic rings. The summed E-state index contributed by atoms with van der Waals surface area (Å²) in [6.45, 7) is 2.32. The fourth-order valence-electron chi connectivity index (χ4n) is 1.25. The van der Waals surface area contributed by atoms with Crippen LogP contribution in [0.4, 0.5) is 13.2 Å². The van der Waals surface area contributed by atoms with Crippen molar-refractivity contribution in [2.45, 2.75) is 19.5 Å². The van der Waals surface area contributed by atoms with Crippen molar-refractivity contribution in [2.24, 2.45) is 0 Å². The van der Waals surface area contributed by atoms with Crippen LogP contribution in [0.15, 0.2) is 24.3 Å².